The molecule has 2 aromatic rings. The summed E-state index contributed by atoms with van der Waals surface area (Å²) in [5, 5.41) is 15.5. The molecule has 1 N–H and O–H groups in total. The van der Waals surface area contributed by atoms with Crippen LogP contribution >= 0.6 is 11.6 Å². The fourth-order valence-electron chi connectivity index (χ4n) is 1.58. The van der Waals surface area contributed by atoms with E-state index in [4.69, 9.17) is 16.3 Å². The fourth-order valence-corrected chi connectivity index (χ4v) is 1.78. The van der Waals surface area contributed by atoms with Crippen molar-refractivity contribution < 1.29 is 4.74 Å². The van der Waals surface area contributed by atoms with Crippen molar-refractivity contribution in [3.05, 3.63) is 29.0 Å². The zero-order valence-corrected chi connectivity index (χ0v) is 11.8. The van der Waals surface area contributed by atoms with Gasteiger partial charge in [-0.2, -0.15) is 4.68 Å². The molecule has 0 bridgehead atoms. The van der Waals surface area contributed by atoms with Gasteiger partial charge in [0.25, 0.3) is 0 Å². The molecular weight excluding hydrogens is 266 g/mol. The first-order valence-corrected chi connectivity index (χ1v) is 6.34. The lowest BCUT2D eigenvalue weighted by Crippen LogP contribution is -2.24. The Balaban J connectivity index is 2.33. The topological polar surface area (TPSA) is 64.9 Å². The van der Waals surface area contributed by atoms with Crippen LogP contribution in [0.2, 0.25) is 5.02 Å². The molecule has 6 nitrogen and oxygen atoms in total. The van der Waals surface area contributed by atoms with E-state index < -0.39 is 0 Å². The van der Waals surface area contributed by atoms with Crippen molar-refractivity contribution in [1.29, 1.82) is 0 Å². The Labute approximate surface area is 116 Å². The molecule has 0 saturated heterocycles. The highest BCUT2D eigenvalue weighted by Crippen LogP contribution is 2.25. The van der Waals surface area contributed by atoms with Gasteiger partial charge in [0.05, 0.1) is 24.4 Å². The molecule has 0 radical (unpaired) electrons. The quantitative estimate of drug-likeness (QED) is 0.906. The van der Waals surface area contributed by atoms with Crippen molar-refractivity contribution in [3.63, 3.8) is 0 Å². The number of benzene rings is 1. The lowest BCUT2D eigenvalue weighted by atomic mass is 10.3. The highest BCUT2D eigenvalue weighted by Gasteiger charge is 2.12. The van der Waals surface area contributed by atoms with E-state index in [0.717, 1.165) is 0 Å². The average molecular weight is 282 g/mol. The number of halogens is 1. The van der Waals surface area contributed by atoms with Crippen molar-refractivity contribution in [2.75, 3.05) is 7.11 Å². The van der Waals surface area contributed by atoms with E-state index in [1.54, 1.807) is 30.0 Å². The first-order chi connectivity index (χ1) is 9.11. The Morgan fingerprint density at radius 2 is 2.21 bits per heavy atom. The SMILES string of the molecule is COc1ccc(Cl)c(-n2nnnc2CNC(C)C)c1. The zero-order chi connectivity index (χ0) is 13.8. The number of rotatable bonds is 5. The minimum Gasteiger partial charge on any atom is -0.497 e. The molecule has 19 heavy (non-hydrogen) atoms. The van der Waals surface area contributed by atoms with Crippen LogP contribution in [0.4, 0.5) is 0 Å². The molecule has 0 atom stereocenters. The first kappa shape index (κ1) is 13.8. The second-order valence-corrected chi connectivity index (χ2v) is 4.77. The molecule has 0 aliphatic heterocycles. The number of nitrogens with one attached hydrogen (secondary N) is 1. The lowest BCUT2D eigenvalue weighted by Gasteiger charge is -2.10. The second-order valence-electron chi connectivity index (χ2n) is 4.36. The van der Waals surface area contributed by atoms with Crippen molar-refractivity contribution in [2.24, 2.45) is 0 Å². The molecule has 0 aliphatic carbocycles. The smallest absolute Gasteiger partial charge is 0.170 e. The maximum atomic E-state index is 6.19. The van der Waals surface area contributed by atoms with Crippen molar-refractivity contribution in [2.45, 2.75) is 26.4 Å². The van der Waals surface area contributed by atoms with Gasteiger partial charge in [-0.3, -0.25) is 0 Å². The van der Waals surface area contributed by atoms with E-state index in [9.17, 15) is 0 Å². The Bertz CT molecular complexity index is 555. The van der Waals surface area contributed by atoms with Crippen LogP contribution in [0.15, 0.2) is 18.2 Å². The van der Waals surface area contributed by atoms with Gasteiger partial charge < -0.3 is 10.1 Å². The van der Waals surface area contributed by atoms with Crippen molar-refractivity contribution in [1.82, 2.24) is 25.5 Å². The van der Waals surface area contributed by atoms with Crippen LogP contribution in [0, 0.1) is 0 Å². The van der Waals surface area contributed by atoms with Crippen LogP contribution in [0.5, 0.6) is 5.75 Å². The molecule has 0 amide bonds. The Morgan fingerprint density at radius 1 is 1.42 bits per heavy atom. The Kier molecular flexibility index (Phi) is 4.34. The molecule has 0 aliphatic rings. The summed E-state index contributed by atoms with van der Waals surface area (Å²) in [6.07, 6.45) is 0. The van der Waals surface area contributed by atoms with E-state index >= 15 is 0 Å². The maximum Gasteiger partial charge on any atom is 0.170 e. The number of methoxy groups -OCH3 is 1. The summed E-state index contributed by atoms with van der Waals surface area (Å²) in [4.78, 5) is 0. The summed E-state index contributed by atoms with van der Waals surface area (Å²) in [6, 6.07) is 5.71. The normalized spacial score (nSPS) is 11.0. The summed E-state index contributed by atoms with van der Waals surface area (Å²) in [6.45, 7) is 4.69. The Morgan fingerprint density at radius 3 is 2.89 bits per heavy atom. The zero-order valence-electron chi connectivity index (χ0n) is 11.1. The average Bonchev–Trinajstić information content (AvgIpc) is 2.85. The van der Waals surface area contributed by atoms with Gasteiger partial charge in [0, 0.05) is 12.1 Å². The number of hydrogen-bond acceptors (Lipinski definition) is 5. The number of tetrazole rings is 1. The van der Waals surface area contributed by atoms with Crippen LogP contribution in [0.1, 0.15) is 19.7 Å². The van der Waals surface area contributed by atoms with Gasteiger partial charge in [0.15, 0.2) is 5.82 Å². The standard InChI is InChI=1S/C12H16ClN5O/c1-8(2)14-7-12-15-16-17-18(12)11-6-9(19-3)4-5-10(11)13/h4-6,8,14H,7H2,1-3H3. The molecule has 2 rings (SSSR count). The maximum absolute atomic E-state index is 6.19. The van der Waals surface area contributed by atoms with E-state index in [0.29, 0.717) is 34.9 Å². The van der Waals surface area contributed by atoms with Crippen LogP contribution in [-0.4, -0.2) is 33.4 Å². The van der Waals surface area contributed by atoms with E-state index in [1.165, 1.54) is 0 Å². The highest BCUT2D eigenvalue weighted by molar-refractivity contribution is 6.32. The number of aromatic nitrogens is 4. The molecule has 7 heteroatoms. The van der Waals surface area contributed by atoms with Crippen molar-refractivity contribution >= 4 is 11.6 Å². The van der Waals surface area contributed by atoms with Crippen LogP contribution in [0.25, 0.3) is 5.69 Å². The fraction of sp³-hybridized carbons (Fsp3) is 0.417. The molecule has 0 fully saturated rings. The second kappa shape index (κ2) is 5.99. The predicted octanol–water partition coefficient (Wildman–Crippen LogP) is 1.82. The lowest BCUT2D eigenvalue weighted by molar-refractivity contribution is 0.414. The molecule has 0 saturated carbocycles. The number of ether oxygens (including phenoxy) is 1. The van der Waals surface area contributed by atoms with E-state index in [-0.39, 0.29) is 0 Å². The van der Waals surface area contributed by atoms with Crippen LogP contribution in [-0.2, 0) is 6.54 Å². The molecule has 102 valence electrons. The third kappa shape index (κ3) is 3.21. The third-order valence-corrected chi connectivity index (χ3v) is 2.90. The summed E-state index contributed by atoms with van der Waals surface area (Å²) >= 11 is 6.19. The van der Waals surface area contributed by atoms with Crippen LogP contribution in [0.3, 0.4) is 0 Å². The third-order valence-electron chi connectivity index (χ3n) is 2.58. The van der Waals surface area contributed by atoms with Crippen LogP contribution < -0.4 is 10.1 Å². The summed E-state index contributed by atoms with van der Waals surface area (Å²) in [5.74, 6) is 1.40. The monoisotopic (exact) mass is 281 g/mol. The van der Waals surface area contributed by atoms with Gasteiger partial charge in [-0.15, -0.1) is 5.10 Å². The van der Waals surface area contributed by atoms with Gasteiger partial charge in [-0.05, 0) is 22.6 Å². The van der Waals surface area contributed by atoms with E-state index in [2.05, 4.69) is 34.7 Å². The number of hydrogen-bond donors (Lipinski definition) is 1. The van der Waals surface area contributed by atoms with Crippen molar-refractivity contribution in [3.8, 4) is 11.4 Å². The largest absolute Gasteiger partial charge is 0.497 e. The van der Waals surface area contributed by atoms with Gasteiger partial charge >= 0.3 is 0 Å². The summed E-state index contributed by atoms with van der Waals surface area (Å²) < 4.78 is 6.80. The number of nitrogens with zero attached hydrogens (tertiary/aromatic N) is 4. The minimum atomic E-state index is 0.353. The summed E-state index contributed by atoms with van der Waals surface area (Å²) in [7, 11) is 1.60. The van der Waals surface area contributed by atoms with Gasteiger partial charge in [-0.25, -0.2) is 0 Å². The molecular formula is C12H16ClN5O. The van der Waals surface area contributed by atoms with Gasteiger partial charge in [0.2, 0.25) is 0 Å². The molecule has 1 aromatic heterocycles. The minimum absolute atomic E-state index is 0.353. The molecule has 0 spiro atoms. The first-order valence-electron chi connectivity index (χ1n) is 5.96. The van der Waals surface area contributed by atoms with E-state index in [1.807, 2.05) is 0 Å². The Hall–Kier alpha value is -1.66. The summed E-state index contributed by atoms with van der Waals surface area (Å²) in [5.41, 5.74) is 0.701. The highest BCUT2D eigenvalue weighted by atomic mass is 35.5. The molecule has 1 aromatic carbocycles. The molecule has 1 heterocycles. The van der Waals surface area contributed by atoms with Gasteiger partial charge in [0.1, 0.15) is 5.75 Å². The molecule has 0 unspecified atom stereocenters. The van der Waals surface area contributed by atoms with Gasteiger partial charge in [-0.1, -0.05) is 25.4 Å². The predicted molar refractivity (Wildman–Crippen MR) is 72.7 cm³/mol.